The molecule has 1 aromatic carbocycles. The first kappa shape index (κ1) is 25.5. The van der Waals surface area contributed by atoms with Crippen LogP contribution in [-0.2, 0) is 6.54 Å². The molecule has 8 nitrogen and oxygen atoms in total. The highest BCUT2D eigenvalue weighted by Crippen LogP contribution is 2.35. The summed E-state index contributed by atoms with van der Waals surface area (Å²) in [6.07, 6.45) is 8.35. The zero-order chi connectivity index (χ0) is 26.1. The predicted molar refractivity (Wildman–Crippen MR) is 148 cm³/mol. The third-order valence-electron chi connectivity index (χ3n) is 8.15. The lowest BCUT2D eigenvalue weighted by atomic mass is 9.92. The Kier molecular flexibility index (Phi) is 7.38. The van der Waals surface area contributed by atoms with Crippen molar-refractivity contribution >= 4 is 16.7 Å². The molecule has 0 aliphatic carbocycles. The zero-order valence-corrected chi connectivity index (χ0v) is 22.8. The van der Waals surface area contributed by atoms with E-state index < -0.39 is 0 Å². The van der Waals surface area contributed by atoms with Crippen LogP contribution in [0.25, 0.3) is 27.8 Å². The van der Waals surface area contributed by atoms with Gasteiger partial charge in [-0.1, -0.05) is 40.5 Å². The molecule has 1 atom stereocenters. The van der Waals surface area contributed by atoms with Gasteiger partial charge in [-0.3, -0.25) is 4.57 Å². The largest absolute Gasteiger partial charge is 0.493 e. The Morgan fingerprint density at radius 3 is 2.73 bits per heavy atom. The van der Waals surface area contributed by atoms with Gasteiger partial charge >= 0.3 is 5.69 Å². The maximum atomic E-state index is 13.2. The Bertz CT molecular complexity index is 1430. The van der Waals surface area contributed by atoms with E-state index in [1.165, 1.54) is 50.7 Å². The highest BCUT2D eigenvalue weighted by atomic mass is 16.5. The van der Waals surface area contributed by atoms with E-state index in [9.17, 15) is 4.79 Å². The van der Waals surface area contributed by atoms with Crippen molar-refractivity contribution in [1.82, 2.24) is 29.0 Å². The van der Waals surface area contributed by atoms with Gasteiger partial charge in [-0.15, -0.1) is 0 Å². The van der Waals surface area contributed by atoms with E-state index in [4.69, 9.17) is 4.74 Å². The molecule has 0 bridgehead atoms. The van der Waals surface area contributed by atoms with Crippen LogP contribution in [0.4, 0.5) is 0 Å². The minimum atomic E-state index is -0.0247. The number of benzene rings is 1. The molecule has 1 aliphatic rings. The normalized spacial score (nSPS) is 17.0. The summed E-state index contributed by atoms with van der Waals surface area (Å²) < 4.78 is 9.31. The lowest BCUT2D eigenvalue weighted by Crippen LogP contribution is -2.40. The van der Waals surface area contributed by atoms with Crippen molar-refractivity contribution < 1.29 is 4.74 Å². The summed E-state index contributed by atoms with van der Waals surface area (Å²) >= 11 is 0. The van der Waals surface area contributed by atoms with Gasteiger partial charge in [0.2, 0.25) is 0 Å². The SMILES string of the molecule is CCC(CC)CN1CCC[C@H](Cn2c(=O)[nH]c3cc(-c4cc(OC)c5ncnn5c4)c(C(C)C)cc32)C1. The number of H-pyrrole nitrogens is 1. The summed E-state index contributed by atoms with van der Waals surface area (Å²) in [5.74, 6) is 2.20. The van der Waals surface area contributed by atoms with Gasteiger partial charge in [0.25, 0.3) is 0 Å². The molecule has 198 valence electrons. The number of hydrogen-bond acceptors (Lipinski definition) is 5. The van der Waals surface area contributed by atoms with Gasteiger partial charge in [0.05, 0.1) is 18.1 Å². The molecule has 8 heteroatoms. The van der Waals surface area contributed by atoms with Crippen molar-refractivity contribution in [2.45, 2.75) is 65.8 Å². The number of hydrogen-bond donors (Lipinski definition) is 1. The smallest absolute Gasteiger partial charge is 0.326 e. The number of piperidine rings is 1. The zero-order valence-electron chi connectivity index (χ0n) is 22.8. The van der Waals surface area contributed by atoms with Crippen molar-refractivity contribution in [3.8, 4) is 16.9 Å². The molecule has 1 saturated heterocycles. The molecule has 5 rings (SSSR count). The molecule has 1 fully saturated rings. The highest BCUT2D eigenvalue weighted by molar-refractivity contribution is 5.85. The Hall–Kier alpha value is -3.13. The van der Waals surface area contributed by atoms with Crippen LogP contribution < -0.4 is 10.4 Å². The van der Waals surface area contributed by atoms with Gasteiger partial charge in [0.1, 0.15) is 6.33 Å². The van der Waals surface area contributed by atoms with Crippen molar-refractivity contribution in [3.05, 3.63) is 46.8 Å². The Labute approximate surface area is 218 Å². The minimum Gasteiger partial charge on any atom is -0.493 e. The number of fused-ring (bicyclic) bond motifs is 2. The maximum absolute atomic E-state index is 13.2. The Balaban J connectivity index is 1.50. The molecule has 0 amide bonds. The van der Waals surface area contributed by atoms with Crippen molar-refractivity contribution in [2.24, 2.45) is 11.8 Å². The second-order valence-corrected chi connectivity index (χ2v) is 10.9. The van der Waals surface area contributed by atoms with E-state index in [2.05, 4.69) is 59.8 Å². The van der Waals surface area contributed by atoms with Crippen LogP contribution in [-0.4, -0.2) is 55.8 Å². The van der Waals surface area contributed by atoms with Crippen LogP contribution >= 0.6 is 0 Å². The first-order chi connectivity index (χ1) is 17.9. The van der Waals surface area contributed by atoms with Gasteiger partial charge in [0, 0.05) is 31.4 Å². The number of rotatable bonds is 9. The molecule has 1 N–H and O–H groups in total. The van der Waals surface area contributed by atoms with Crippen LogP contribution in [0.3, 0.4) is 0 Å². The number of ether oxygens (including phenoxy) is 1. The Morgan fingerprint density at radius 1 is 1.19 bits per heavy atom. The van der Waals surface area contributed by atoms with Gasteiger partial charge in [-0.05, 0) is 66.5 Å². The monoisotopic (exact) mass is 504 g/mol. The molecule has 0 saturated carbocycles. The number of pyridine rings is 1. The topological polar surface area (TPSA) is 80.5 Å². The molecule has 4 aromatic rings. The summed E-state index contributed by atoms with van der Waals surface area (Å²) in [6, 6.07) is 6.32. The van der Waals surface area contributed by atoms with Crippen molar-refractivity contribution in [1.29, 1.82) is 0 Å². The number of imidazole rings is 1. The minimum absolute atomic E-state index is 0.0247. The molecular weight excluding hydrogens is 464 g/mol. The van der Waals surface area contributed by atoms with Crippen LogP contribution in [0.2, 0.25) is 0 Å². The number of likely N-dealkylation sites (tertiary alicyclic amines) is 1. The van der Waals surface area contributed by atoms with Crippen LogP contribution in [0, 0.1) is 11.8 Å². The fourth-order valence-corrected chi connectivity index (χ4v) is 5.96. The molecule has 3 aromatic heterocycles. The van der Waals surface area contributed by atoms with Crippen LogP contribution in [0.1, 0.15) is 64.9 Å². The summed E-state index contributed by atoms with van der Waals surface area (Å²) in [5, 5.41) is 4.33. The van der Waals surface area contributed by atoms with E-state index in [-0.39, 0.29) is 11.6 Å². The Morgan fingerprint density at radius 2 is 2.00 bits per heavy atom. The molecule has 0 radical (unpaired) electrons. The average Bonchev–Trinajstić information content (AvgIpc) is 3.50. The molecule has 1 aliphatic heterocycles. The summed E-state index contributed by atoms with van der Waals surface area (Å²) in [5.41, 5.74) is 5.77. The lowest BCUT2D eigenvalue weighted by molar-refractivity contribution is 0.139. The van der Waals surface area contributed by atoms with Crippen LogP contribution in [0.15, 0.2) is 35.5 Å². The van der Waals surface area contributed by atoms with Gasteiger partial charge in [0.15, 0.2) is 11.4 Å². The lowest BCUT2D eigenvalue weighted by Gasteiger charge is -2.34. The van der Waals surface area contributed by atoms with E-state index in [1.807, 2.05) is 16.8 Å². The average molecular weight is 505 g/mol. The molecule has 4 heterocycles. The number of nitrogens with zero attached hydrogens (tertiary/aromatic N) is 5. The second kappa shape index (κ2) is 10.7. The van der Waals surface area contributed by atoms with Gasteiger partial charge in [-0.2, -0.15) is 5.10 Å². The first-order valence-corrected chi connectivity index (χ1v) is 13.8. The van der Waals surface area contributed by atoms with E-state index >= 15 is 0 Å². The highest BCUT2D eigenvalue weighted by Gasteiger charge is 2.24. The quantitative estimate of drug-likeness (QED) is 0.334. The van der Waals surface area contributed by atoms with E-state index in [0.717, 1.165) is 41.2 Å². The van der Waals surface area contributed by atoms with E-state index in [0.29, 0.717) is 17.3 Å². The third-order valence-corrected chi connectivity index (χ3v) is 8.15. The van der Waals surface area contributed by atoms with Gasteiger partial charge in [-0.25, -0.2) is 14.3 Å². The molecule has 0 spiro atoms. The molecule has 0 unspecified atom stereocenters. The molecule has 37 heavy (non-hydrogen) atoms. The summed E-state index contributed by atoms with van der Waals surface area (Å²) in [7, 11) is 1.65. The number of methoxy groups -OCH3 is 1. The maximum Gasteiger partial charge on any atom is 0.326 e. The second-order valence-electron chi connectivity index (χ2n) is 10.9. The number of aromatic nitrogens is 5. The van der Waals surface area contributed by atoms with Crippen molar-refractivity contribution in [2.75, 3.05) is 26.7 Å². The standard InChI is InChI=1S/C29H40N6O2/c1-6-20(7-2)14-33-10-8-9-21(15-33)16-34-26-13-23(19(3)4)24(12-25(26)32-29(34)36)22-11-27(37-5)28-30-18-31-35(28)17-22/h11-13,17-21H,6-10,14-16H2,1-5H3,(H,32,36)/t21-/m0/s1. The van der Waals surface area contributed by atoms with Crippen LogP contribution in [0.5, 0.6) is 5.75 Å². The number of aromatic amines is 1. The summed E-state index contributed by atoms with van der Waals surface area (Å²) in [6.45, 7) is 13.2. The van der Waals surface area contributed by atoms with Crippen molar-refractivity contribution in [3.63, 3.8) is 0 Å². The van der Waals surface area contributed by atoms with Gasteiger partial charge < -0.3 is 14.6 Å². The predicted octanol–water partition coefficient (Wildman–Crippen LogP) is 5.32. The first-order valence-electron chi connectivity index (χ1n) is 13.8. The third kappa shape index (κ3) is 5.04. The summed E-state index contributed by atoms with van der Waals surface area (Å²) in [4.78, 5) is 23.3. The van der Waals surface area contributed by atoms with E-state index in [1.54, 1.807) is 11.6 Å². The number of nitrogens with one attached hydrogen (secondary N) is 1. The fraction of sp³-hybridized carbons (Fsp3) is 0.552. The fourth-order valence-electron chi connectivity index (χ4n) is 5.96. The molecular formula is C29H40N6O2.